The third-order valence-corrected chi connectivity index (χ3v) is 5.54. The fraction of sp³-hybridized carbons (Fsp3) is 0.208. The molecule has 30 heavy (non-hydrogen) atoms. The average Bonchev–Trinajstić information content (AvgIpc) is 2.79. The number of hydrogen-bond donors (Lipinski definition) is 0. The Balaban J connectivity index is 2.14. The second kappa shape index (κ2) is 9.95. The predicted octanol–water partition coefficient (Wildman–Crippen LogP) is 5.34. The van der Waals surface area contributed by atoms with E-state index < -0.39 is 5.25 Å². The third-order valence-electron chi connectivity index (χ3n) is 4.48. The van der Waals surface area contributed by atoms with Gasteiger partial charge in [-0.2, -0.15) is 5.26 Å². The van der Waals surface area contributed by atoms with Gasteiger partial charge in [-0.1, -0.05) is 54.2 Å². The van der Waals surface area contributed by atoms with Crippen molar-refractivity contribution in [2.75, 3.05) is 13.7 Å². The van der Waals surface area contributed by atoms with Crippen molar-refractivity contribution in [2.45, 2.75) is 24.1 Å². The summed E-state index contributed by atoms with van der Waals surface area (Å²) < 4.78 is 10.4. The Labute approximate surface area is 180 Å². The van der Waals surface area contributed by atoms with Crippen molar-refractivity contribution in [3.8, 4) is 34.2 Å². The minimum Gasteiger partial charge on any atom is -0.497 e. The zero-order valence-electron chi connectivity index (χ0n) is 17.1. The van der Waals surface area contributed by atoms with Gasteiger partial charge in [0.15, 0.2) is 0 Å². The fourth-order valence-electron chi connectivity index (χ4n) is 2.95. The van der Waals surface area contributed by atoms with Crippen molar-refractivity contribution in [2.24, 2.45) is 0 Å². The Hall–Kier alpha value is -3.30. The topological polar surface area (TPSA) is 72.2 Å². The molecule has 0 aliphatic heterocycles. The highest BCUT2D eigenvalue weighted by Gasteiger charge is 2.22. The minimum absolute atomic E-state index is 0.309. The van der Waals surface area contributed by atoms with E-state index in [2.05, 4.69) is 6.07 Å². The number of carbonyl (C=O) groups is 1. The number of methoxy groups -OCH3 is 1. The first-order chi connectivity index (χ1) is 14.6. The molecule has 0 saturated carbocycles. The Bertz CT molecular complexity index is 1060. The van der Waals surface area contributed by atoms with E-state index in [-0.39, 0.29) is 5.97 Å². The maximum atomic E-state index is 12.2. The molecule has 1 unspecified atom stereocenters. The number of ether oxygens (including phenoxy) is 2. The standard InChI is InChI=1S/C24H22N2O3S/c1-4-29-24(27)16(2)30-23-21(15-25)20(17-10-12-19(28-3)13-11-17)14-22(26-23)18-8-6-5-7-9-18/h5-14,16H,4H2,1-3H3. The van der Waals surface area contributed by atoms with Crippen molar-refractivity contribution in [1.29, 1.82) is 5.26 Å². The molecule has 2 aromatic carbocycles. The second-order valence-electron chi connectivity index (χ2n) is 6.45. The molecule has 0 fully saturated rings. The summed E-state index contributed by atoms with van der Waals surface area (Å²) in [6.07, 6.45) is 0. The molecule has 1 heterocycles. The van der Waals surface area contributed by atoms with Crippen LogP contribution < -0.4 is 4.74 Å². The van der Waals surface area contributed by atoms with Crippen LogP contribution in [-0.4, -0.2) is 29.9 Å². The van der Waals surface area contributed by atoms with Gasteiger partial charge in [-0.05, 0) is 37.6 Å². The molecule has 0 aliphatic carbocycles. The molecular weight excluding hydrogens is 396 g/mol. The summed E-state index contributed by atoms with van der Waals surface area (Å²) >= 11 is 1.24. The van der Waals surface area contributed by atoms with Gasteiger partial charge in [0.05, 0.1) is 25.0 Å². The molecular formula is C24H22N2O3S. The maximum absolute atomic E-state index is 12.2. The number of carbonyl (C=O) groups excluding carboxylic acids is 1. The van der Waals surface area contributed by atoms with E-state index in [1.165, 1.54) is 11.8 Å². The number of pyridine rings is 1. The quantitative estimate of drug-likeness (QED) is 0.381. The van der Waals surface area contributed by atoms with Crippen molar-refractivity contribution >= 4 is 17.7 Å². The molecule has 3 rings (SSSR count). The average molecular weight is 419 g/mol. The summed E-state index contributed by atoms with van der Waals surface area (Å²) in [4.78, 5) is 16.9. The summed E-state index contributed by atoms with van der Waals surface area (Å²) in [6.45, 7) is 3.84. The normalized spacial score (nSPS) is 11.4. The van der Waals surface area contributed by atoms with Gasteiger partial charge in [-0.15, -0.1) is 0 Å². The van der Waals surface area contributed by atoms with E-state index in [1.54, 1.807) is 21.0 Å². The van der Waals surface area contributed by atoms with Gasteiger partial charge < -0.3 is 9.47 Å². The molecule has 3 aromatic rings. The first kappa shape index (κ1) is 21.4. The van der Waals surface area contributed by atoms with Gasteiger partial charge in [0.25, 0.3) is 0 Å². The van der Waals surface area contributed by atoms with Crippen LogP contribution in [0, 0.1) is 11.3 Å². The van der Waals surface area contributed by atoms with Gasteiger partial charge >= 0.3 is 5.97 Å². The SMILES string of the molecule is CCOC(=O)C(C)Sc1nc(-c2ccccc2)cc(-c2ccc(OC)cc2)c1C#N. The Morgan fingerprint density at radius 2 is 1.83 bits per heavy atom. The monoisotopic (exact) mass is 418 g/mol. The number of benzene rings is 2. The third kappa shape index (κ3) is 4.81. The summed E-state index contributed by atoms with van der Waals surface area (Å²) in [5, 5.41) is 9.95. The Morgan fingerprint density at radius 3 is 2.43 bits per heavy atom. The Morgan fingerprint density at radius 1 is 1.13 bits per heavy atom. The van der Waals surface area contributed by atoms with E-state index >= 15 is 0 Å². The van der Waals surface area contributed by atoms with Crippen molar-refractivity contribution in [3.05, 3.63) is 66.2 Å². The van der Waals surface area contributed by atoms with Crippen LogP contribution in [0.2, 0.25) is 0 Å². The summed E-state index contributed by atoms with van der Waals surface area (Å²) in [5.41, 5.74) is 3.73. The number of rotatable bonds is 7. The lowest BCUT2D eigenvalue weighted by molar-refractivity contribution is -0.142. The molecule has 0 spiro atoms. The smallest absolute Gasteiger partial charge is 0.319 e. The maximum Gasteiger partial charge on any atom is 0.319 e. The van der Waals surface area contributed by atoms with Gasteiger partial charge in [0.1, 0.15) is 22.1 Å². The molecule has 0 aliphatic rings. The number of nitrogens with zero attached hydrogens (tertiary/aromatic N) is 2. The highest BCUT2D eigenvalue weighted by molar-refractivity contribution is 8.00. The minimum atomic E-state index is -0.487. The van der Waals surface area contributed by atoms with Crippen LogP contribution >= 0.6 is 11.8 Å². The van der Waals surface area contributed by atoms with Crippen LogP contribution in [0.1, 0.15) is 19.4 Å². The van der Waals surface area contributed by atoms with Crippen LogP contribution in [0.5, 0.6) is 5.75 Å². The van der Waals surface area contributed by atoms with E-state index in [9.17, 15) is 10.1 Å². The zero-order valence-corrected chi connectivity index (χ0v) is 17.9. The lowest BCUT2D eigenvalue weighted by Crippen LogP contribution is -2.17. The van der Waals surface area contributed by atoms with Crippen molar-refractivity contribution < 1.29 is 14.3 Å². The molecule has 1 aromatic heterocycles. The molecule has 0 bridgehead atoms. The van der Waals surface area contributed by atoms with Crippen molar-refractivity contribution in [3.63, 3.8) is 0 Å². The highest BCUT2D eigenvalue weighted by atomic mass is 32.2. The Kier molecular flexibility index (Phi) is 7.10. The summed E-state index contributed by atoms with van der Waals surface area (Å²) in [5.74, 6) is 0.407. The lowest BCUT2D eigenvalue weighted by Gasteiger charge is -2.15. The number of aromatic nitrogens is 1. The first-order valence-corrected chi connectivity index (χ1v) is 10.4. The molecule has 0 saturated heterocycles. The summed E-state index contributed by atoms with van der Waals surface area (Å²) in [6, 6.07) is 21.5. The van der Waals surface area contributed by atoms with Gasteiger partial charge in [0, 0.05) is 11.1 Å². The van der Waals surface area contributed by atoms with Crippen LogP contribution in [0.3, 0.4) is 0 Å². The van der Waals surface area contributed by atoms with E-state index in [1.807, 2.05) is 60.7 Å². The van der Waals surface area contributed by atoms with Gasteiger partial charge in [-0.3, -0.25) is 4.79 Å². The van der Waals surface area contributed by atoms with Crippen LogP contribution in [0.4, 0.5) is 0 Å². The molecule has 0 amide bonds. The van der Waals surface area contributed by atoms with Crippen LogP contribution in [-0.2, 0) is 9.53 Å². The van der Waals surface area contributed by atoms with Crippen LogP contribution in [0.25, 0.3) is 22.4 Å². The molecule has 0 N–H and O–H groups in total. The second-order valence-corrected chi connectivity index (χ2v) is 7.78. The molecule has 5 nitrogen and oxygen atoms in total. The lowest BCUT2D eigenvalue weighted by atomic mass is 9.99. The molecule has 6 heteroatoms. The molecule has 0 radical (unpaired) electrons. The van der Waals surface area contributed by atoms with Gasteiger partial charge in [-0.25, -0.2) is 4.98 Å². The zero-order chi connectivity index (χ0) is 21.5. The molecule has 1 atom stereocenters. The van der Waals surface area contributed by atoms with Crippen LogP contribution in [0.15, 0.2) is 65.7 Å². The van der Waals surface area contributed by atoms with E-state index in [0.29, 0.717) is 17.2 Å². The number of hydrogen-bond acceptors (Lipinski definition) is 6. The fourth-order valence-corrected chi connectivity index (χ4v) is 3.87. The molecule has 152 valence electrons. The number of nitriles is 1. The van der Waals surface area contributed by atoms with E-state index in [0.717, 1.165) is 28.1 Å². The highest BCUT2D eigenvalue weighted by Crippen LogP contribution is 2.36. The predicted molar refractivity (Wildman–Crippen MR) is 118 cm³/mol. The number of esters is 1. The first-order valence-electron chi connectivity index (χ1n) is 9.55. The van der Waals surface area contributed by atoms with Crippen molar-refractivity contribution in [1.82, 2.24) is 4.98 Å². The summed E-state index contributed by atoms with van der Waals surface area (Å²) in [7, 11) is 1.61. The largest absolute Gasteiger partial charge is 0.497 e. The van der Waals surface area contributed by atoms with Gasteiger partial charge in [0.2, 0.25) is 0 Å². The number of thioether (sulfide) groups is 1. The van der Waals surface area contributed by atoms with E-state index in [4.69, 9.17) is 14.5 Å².